The lowest BCUT2D eigenvalue weighted by atomic mass is 10.1. The van der Waals surface area contributed by atoms with Crippen molar-refractivity contribution in [2.75, 3.05) is 7.11 Å². The number of hydrogen-bond donors (Lipinski definition) is 1. The molecule has 0 saturated carbocycles. The van der Waals surface area contributed by atoms with E-state index in [4.69, 9.17) is 22.7 Å². The summed E-state index contributed by atoms with van der Waals surface area (Å²) in [6, 6.07) is 7.72. The highest BCUT2D eigenvalue weighted by Gasteiger charge is 1.96. The quantitative estimate of drug-likeness (QED) is 0.717. The van der Waals surface area contributed by atoms with Gasteiger partial charge in [-0.2, -0.15) is 0 Å². The van der Waals surface area contributed by atoms with E-state index in [1.807, 2.05) is 24.3 Å². The number of hydrogen-bond acceptors (Lipinski definition) is 2. The van der Waals surface area contributed by atoms with Crippen LogP contribution in [-0.2, 0) is 11.3 Å². The Kier molecular flexibility index (Phi) is 3.19. The minimum atomic E-state index is 0.424. The van der Waals surface area contributed by atoms with E-state index in [-0.39, 0.29) is 0 Å². The fourth-order valence-corrected chi connectivity index (χ4v) is 1.11. The molecular weight excluding hydrogens is 170 g/mol. The zero-order valence-corrected chi connectivity index (χ0v) is 7.73. The molecule has 0 unspecified atom stereocenters. The molecule has 0 atom stereocenters. The molecule has 0 heterocycles. The molecule has 12 heavy (non-hydrogen) atoms. The monoisotopic (exact) mass is 181 g/mol. The van der Waals surface area contributed by atoms with Crippen molar-refractivity contribution in [1.82, 2.24) is 0 Å². The number of methoxy groups -OCH3 is 1. The Labute approximate surface area is 77.3 Å². The average molecular weight is 181 g/mol. The summed E-state index contributed by atoms with van der Waals surface area (Å²) in [5, 5.41) is 0. The molecule has 1 rings (SSSR count). The van der Waals surface area contributed by atoms with Gasteiger partial charge >= 0.3 is 0 Å². The van der Waals surface area contributed by atoms with E-state index in [0.717, 1.165) is 11.1 Å². The van der Waals surface area contributed by atoms with Crippen LogP contribution in [0.15, 0.2) is 24.3 Å². The first-order chi connectivity index (χ1) is 5.74. The Morgan fingerprint density at radius 3 is 2.92 bits per heavy atom. The van der Waals surface area contributed by atoms with Crippen molar-refractivity contribution in [3.8, 4) is 0 Å². The van der Waals surface area contributed by atoms with Crippen LogP contribution in [0.1, 0.15) is 11.1 Å². The van der Waals surface area contributed by atoms with Crippen molar-refractivity contribution in [3.63, 3.8) is 0 Å². The molecule has 0 bridgehead atoms. The number of nitrogens with two attached hydrogens (primary N) is 1. The lowest BCUT2D eigenvalue weighted by Crippen LogP contribution is -2.09. The van der Waals surface area contributed by atoms with Crippen LogP contribution in [0.4, 0.5) is 0 Å². The smallest absolute Gasteiger partial charge is 0.103 e. The van der Waals surface area contributed by atoms with Gasteiger partial charge in [-0.3, -0.25) is 0 Å². The second-order valence-corrected chi connectivity index (χ2v) is 2.94. The lowest BCUT2D eigenvalue weighted by Gasteiger charge is -2.01. The van der Waals surface area contributed by atoms with Gasteiger partial charge in [0.25, 0.3) is 0 Å². The molecule has 0 aromatic heterocycles. The molecule has 0 aliphatic heterocycles. The van der Waals surface area contributed by atoms with Crippen molar-refractivity contribution in [2.24, 2.45) is 5.73 Å². The molecule has 64 valence electrons. The van der Waals surface area contributed by atoms with E-state index >= 15 is 0 Å². The molecule has 0 saturated heterocycles. The summed E-state index contributed by atoms with van der Waals surface area (Å²) in [7, 11) is 1.66. The zero-order chi connectivity index (χ0) is 8.97. The Morgan fingerprint density at radius 2 is 2.33 bits per heavy atom. The Hall–Kier alpha value is -0.930. The summed E-state index contributed by atoms with van der Waals surface area (Å²) in [5.41, 5.74) is 7.44. The van der Waals surface area contributed by atoms with Gasteiger partial charge in [-0.1, -0.05) is 30.4 Å². The van der Waals surface area contributed by atoms with E-state index in [1.165, 1.54) is 0 Å². The Bertz CT molecular complexity index is 286. The number of ether oxygens (including phenoxy) is 1. The highest BCUT2D eigenvalue weighted by atomic mass is 32.1. The summed E-state index contributed by atoms with van der Waals surface area (Å²) < 4.78 is 4.98. The van der Waals surface area contributed by atoms with Crippen molar-refractivity contribution in [1.29, 1.82) is 0 Å². The zero-order valence-electron chi connectivity index (χ0n) is 6.91. The van der Waals surface area contributed by atoms with Gasteiger partial charge in [0.2, 0.25) is 0 Å². The molecule has 2 nitrogen and oxygen atoms in total. The van der Waals surface area contributed by atoms with Gasteiger partial charge in [-0.25, -0.2) is 0 Å². The molecule has 0 radical (unpaired) electrons. The summed E-state index contributed by atoms with van der Waals surface area (Å²) in [5.74, 6) is 0. The largest absolute Gasteiger partial charge is 0.389 e. The predicted molar refractivity (Wildman–Crippen MR) is 53.0 cm³/mol. The van der Waals surface area contributed by atoms with Crippen molar-refractivity contribution < 1.29 is 4.74 Å². The summed E-state index contributed by atoms with van der Waals surface area (Å²) in [6.07, 6.45) is 0. The van der Waals surface area contributed by atoms with Gasteiger partial charge in [0.15, 0.2) is 0 Å². The molecule has 0 aliphatic carbocycles. The molecule has 1 aromatic rings. The van der Waals surface area contributed by atoms with Crippen LogP contribution < -0.4 is 5.73 Å². The van der Waals surface area contributed by atoms with Crippen LogP contribution >= 0.6 is 12.2 Å². The highest BCUT2D eigenvalue weighted by Crippen LogP contribution is 2.05. The van der Waals surface area contributed by atoms with Gasteiger partial charge in [-0.15, -0.1) is 0 Å². The van der Waals surface area contributed by atoms with Crippen LogP contribution in [0.3, 0.4) is 0 Å². The van der Waals surface area contributed by atoms with Crippen molar-refractivity contribution >= 4 is 17.2 Å². The van der Waals surface area contributed by atoms with E-state index in [0.29, 0.717) is 11.6 Å². The first-order valence-corrected chi connectivity index (χ1v) is 4.02. The lowest BCUT2D eigenvalue weighted by molar-refractivity contribution is 0.185. The number of thiocarbonyl (C=S) groups is 1. The van der Waals surface area contributed by atoms with Crippen LogP contribution in [0.2, 0.25) is 0 Å². The predicted octanol–water partition coefficient (Wildman–Crippen LogP) is 1.47. The number of rotatable bonds is 3. The minimum absolute atomic E-state index is 0.424. The van der Waals surface area contributed by atoms with Gasteiger partial charge in [0.1, 0.15) is 4.99 Å². The van der Waals surface area contributed by atoms with E-state index in [9.17, 15) is 0 Å². The first-order valence-electron chi connectivity index (χ1n) is 3.61. The molecule has 0 spiro atoms. The van der Waals surface area contributed by atoms with E-state index < -0.39 is 0 Å². The molecule has 0 aliphatic rings. The maximum absolute atomic E-state index is 5.47. The van der Waals surface area contributed by atoms with Crippen LogP contribution in [0, 0.1) is 0 Å². The summed E-state index contributed by atoms with van der Waals surface area (Å²) in [4.78, 5) is 0.424. The minimum Gasteiger partial charge on any atom is -0.389 e. The van der Waals surface area contributed by atoms with Crippen LogP contribution in [0.25, 0.3) is 0 Å². The van der Waals surface area contributed by atoms with E-state index in [2.05, 4.69) is 0 Å². The Morgan fingerprint density at radius 1 is 1.58 bits per heavy atom. The fraction of sp³-hybridized carbons (Fsp3) is 0.222. The standard InChI is InChI=1S/C9H11NOS/c1-11-6-7-3-2-4-8(5-7)9(10)12/h2-5H,6H2,1H3,(H2,10,12). The summed E-state index contributed by atoms with van der Waals surface area (Å²) >= 11 is 4.84. The van der Waals surface area contributed by atoms with Crippen LogP contribution in [-0.4, -0.2) is 12.1 Å². The third kappa shape index (κ3) is 2.29. The van der Waals surface area contributed by atoms with Gasteiger partial charge in [-0.05, 0) is 11.6 Å². The van der Waals surface area contributed by atoms with Crippen molar-refractivity contribution in [2.45, 2.75) is 6.61 Å². The number of benzene rings is 1. The SMILES string of the molecule is COCc1cccc(C(N)=S)c1. The fourth-order valence-electron chi connectivity index (χ4n) is 0.981. The molecule has 0 fully saturated rings. The molecule has 0 amide bonds. The first kappa shape index (κ1) is 9.16. The van der Waals surface area contributed by atoms with Crippen molar-refractivity contribution in [3.05, 3.63) is 35.4 Å². The molecule has 1 aromatic carbocycles. The van der Waals surface area contributed by atoms with Crippen LogP contribution in [0.5, 0.6) is 0 Å². The van der Waals surface area contributed by atoms with E-state index in [1.54, 1.807) is 7.11 Å². The maximum Gasteiger partial charge on any atom is 0.103 e. The normalized spacial score (nSPS) is 9.75. The molecule has 2 N–H and O–H groups in total. The van der Waals surface area contributed by atoms with Gasteiger partial charge < -0.3 is 10.5 Å². The summed E-state index contributed by atoms with van der Waals surface area (Å²) in [6.45, 7) is 0.594. The third-order valence-electron chi connectivity index (χ3n) is 1.52. The second-order valence-electron chi connectivity index (χ2n) is 2.50. The van der Waals surface area contributed by atoms with Gasteiger partial charge in [0, 0.05) is 12.7 Å². The second kappa shape index (κ2) is 4.18. The maximum atomic E-state index is 5.47. The highest BCUT2D eigenvalue weighted by molar-refractivity contribution is 7.80. The average Bonchev–Trinajstić information content (AvgIpc) is 2.05. The third-order valence-corrected chi connectivity index (χ3v) is 1.76. The van der Waals surface area contributed by atoms with Gasteiger partial charge in [0.05, 0.1) is 6.61 Å². The molecule has 3 heteroatoms. The molecular formula is C9H11NOS. The topological polar surface area (TPSA) is 35.2 Å². The Balaban J connectivity index is 2.88.